The molecule has 10 heteroatoms. The van der Waals surface area contributed by atoms with E-state index >= 15 is 0 Å². The fourth-order valence-electron chi connectivity index (χ4n) is 4.93. The van der Waals surface area contributed by atoms with Crippen molar-refractivity contribution < 1.29 is 4.74 Å². The molecule has 6 aromatic rings. The van der Waals surface area contributed by atoms with Gasteiger partial charge in [-0.05, 0) is 56.3 Å². The average Bonchev–Trinajstić information content (AvgIpc) is 3.73. The van der Waals surface area contributed by atoms with Crippen molar-refractivity contribution in [1.82, 2.24) is 45.0 Å². The Morgan fingerprint density at radius 3 is 2.71 bits per heavy atom. The van der Waals surface area contributed by atoms with Gasteiger partial charge in [0.05, 0.1) is 22.8 Å². The highest BCUT2D eigenvalue weighted by atomic mass is 16.5. The average molecular weight is 504 g/mol. The van der Waals surface area contributed by atoms with Crippen molar-refractivity contribution in [3.8, 4) is 39.8 Å². The van der Waals surface area contributed by atoms with Gasteiger partial charge < -0.3 is 9.72 Å². The quantitative estimate of drug-likeness (QED) is 0.327. The third kappa shape index (κ3) is 4.24. The topological polar surface area (TPSA) is 121 Å². The van der Waals surface area contributed by atoms with Crippen LogP contribution in [0.3, 0.4) is 0 Å². The normalized spacial score (nSPS) is 14.0. The van der Waals surface area contributed by atoms with Crippen molar-refractivity contribution in [2.45, 2.75) is 12.8 Å². The minimum Gasteiger partial charge on any atom is -0.491 e. The first-order chi connectivity index (χ1) is 18.8. The fraction of sp³-hybridized carbons (Fsp3) is 0.214. The molecule has 0 saturated carbocycles. The number of hydrogen-bond acceptors (Lipinski definition) is 8. The Kier molecular flexibility index (Phi) is 5.71. The molecule has 0 radical (unpaired) electrons. The molecule has 0 bridgehead atoms. The van der Waals surface area contributed by atoms with E-state index in [-0.39, 0.29) is 0 Å². The van der Waals surface area contributed by atoms with Crippen molar-refractivity contribution in [3.05, 3.63) is 67.4 Å². The molecular formula is C28H25N9O. The smallest absolute Gasteiger partial charge is 0.159 e. The van der Waals surface area contributed by atoms with Crippen molar-refractivity contribution in [1.29, 1.82) is 0 Å². The van der Waals surface area contributed by atoms with E-state index in [0.717, 1.165) is 64.3 Å². The minimum absolute atomic E-state index is 0.632. The van der Waals surface area contributed by atoms with Crippen LogP contribution in [0.2, 0.25) is 0 Å². The van der Waals surface area contributed by atoms with Crippen LogP contribution < -0.4 is 4.74 Å². The van der Waals surface area contributed by atoms with Crippen LogP contribution >= 0.6 is 0 Å². The minimum atomic E-state index is 0.632. The number of pyridine rings is 4. The second kappa shape index (κ2) is 9.64. The molecule has 0 unspecified atom stereocenters. The van der Waals surface area contributed by atoms with E-state index in [4.69, 9.17) is 9.72 Å². The number of nitrogens with one attached hydrogen (secondary N) is 2. The molecule has 1 aliphatic heterocycles. The maximum Gasteiger partial charge on any atom is 0.159 e. The molecule has 1 fully saturated rings. The highest BCUT2D eigenvalue weighted by Crippen LogP contribution is 2.31. The number of fused-ring (bicyclic) bond motifs is 2. The number of aromatic amines is 2. The molecule has 188 valence electrons. The summed E-state index contributed by atoms with van der Waals surface area (Å²) in [5, 5.41) is 8.42. The van der Waals surface area contributed by atoms with Gasteiger partial charge in [-0.25, -0.2) is 9.97 Å². The maximum absolute atomic E-state index is 6.01. The predicted octanol–water partition coefficient (Wildman–Crippen LogP) is 4.49. The van der Waals surface area contributed by atoms with Gasteiger partial charge in [-0.2, -0.15) is 5.10 Å². The van der Waals surface area contributed by atoms with E-state index in [2.05, 4.69) is 46.1 Å². The van der Waals surface area contributed by atoms with Crippen LogP contribution in [-0.4, -0.2) is 71.2 Å². The molecule has 1 aliphatic rings. The second-order valence-electron chi connectivity index (χ2n) is 9.36. The van der Waals surface area contributed by atoms with Gasteiger partial charge in [-0.3, -0.25) is 25.0 Å². The number of rotatable bonds is 7. The van der Waals surface area contributed by atoms with E-state index in [1.807, 2.05) is 42.7 Å². The second-order valence-corrected chi connectivity index (χ2v) is 9.36. The Morgan fingerprint density at radius 2 is 1.82 bits per heavy atom. The molecule has 10 nitrogen and oxygen atoms in total. The third-order valence-electron chi connectivity index (χ3n) is 6.87. The van der Waals surface area contributed by atoms with Crippen molar-refractivity contribution >= 4 is 22.1 Å². The molecule has 0 spiro atoms. The number of nitrogens with zero attached hydrogens (tertiary/aromatic N) is 7. The number of imidazole rings is 1. The number of likely N-dealkylation sites (tertiary alicyclic amines) is 1. The summed E-state index contributed by atoms with van der Waals surface area (Å²) in [6.45, 7) is 3.90. The summed E-state index contributed by atoms with van der Waals surface area (Å²) in [5.74, 6) is 1.38. The van der Waals surface area contributed by atoms with Crippen LogP contribution in [0.25, 0.3) is 56.1 Å². The van der Waals surface area contributed by atoms with Crippen LogP contribution in [0.15, 0.2) is 67.4 Å². The summed E-state index contributed by atoms with van der Waals surface area (Å²) < 4.78 is 6.01. The first kappa shape index (κ1) is 22.5. The lowest BCUT2D eigenvalue weighted by Crippen LogP contribution is -2.25. The van der Waals surface area contributed by atoms with Crippen molar-refractivity contribution in [2.75, 3.05) is 26.2 Å². The first-order valence-electron chi connectivity index (χ1n) is 12.7. The van der Waals surface area contributed by atoms with E-state index in [1.54, 1.807) is 18.6 Å². The Labute approximate surface area is 218 Å². The van der Waals surface area contributed by atoms with Gasteiger partial charge in [-0.15, -0.1) is 0 Å². The van der Waals surface area contributed by atoms with Gasteiger partial charge in [0.2, 0.25) is 0 Å². The Hall–Kier alpha value is -4.70. The lowest BCUT2D eigenvalue weighted by atomic mass is 10.1. The molecule has 2 N–H and O–H groups in total. The van der Waals surface area contributed by atoms with E-state index in [9.17, 15) is 0 Å². The summed E-state index contributed by atoms with van der Waals surface area (Å²) in [6.07, 6.45) is 11.4. The zero-order valence-corrected chi connectivity index (χ0v) is 20.6. The van der Waals surface area contributed by atoms with Gasteiger partial charge in [0.1, 0.15) is 29.3 Å². The van der Waals surface area contributed by atoms with Crippen LogP contribution in [0, 0.1) is 0 Å². The van der Waals surface area contributed by atoms with E-state index in [0.29, 0.717) is 23.8 Å². The SMILES string of the molecule is c1ccc(-c2nccc3[nH]c(-c4n[nH]c5ncc(-c6cncc(OCCN7CCCC7)c6)cc45)nc23)nc1. The fourth-order valence-corrected chi connectivity index (χ4v) is 4.93. The first-order valence-corrected chi connectivity index (χ1v) is 12.7. The highest BCUT2D eigenvalue weighted by Gasteiger charge is 2.17. The van der Waals surface area contributed by atoms with E-state index in [1.165, 1.54) is 12.8 Å². The molecule has 1 saturated heterocycles. The Morgan fingerprint density at radius 1 is 0.895 bits per heavy atom. The third-order valence-corrected chi connectivity index (χ3v) is 6.87. The molecule has 0 aromatic carbocycles. The number of H-pyrrole nitrogens is 2. The molecule has 38 heavy (non-hydrogen) atoms. The summed E-state index contributed by atoms with van der Waals surface area (Å²) in [6, 6.07) is 11.7. The summed E-state index contributed by atoms with van der Waals surface area (Å²) in [4.78, 5) is 28.7. The Balaban J connectivity index is 1.20. The van der Waals surface area contributed by atoms with Crippen LogP contribution in [-0.2, 0) is 0 Å². The monoisotopic (exact) mass is 503 g/mol. The molecule has 0 aliphatic carbocycles. The zero-order chi connectivity index (χ0) is 25.3. The zero-order valence-electron chi connectivity index (χ0n) is 20.6. The number of ether oxygens (including phenoxy) is 1. The molecule has 6 aromatic heterocycles. The summed E-state index contributed by atoms with van der Waals surface area (Å²) in [5.41, 5.74) is 6.30. The van der Waals surface area contributed by atoms with Crippen LogP contribution in [0.4, 0.5) is 0 Å². The van der Waals surface area contributed by atoms with Crippen LogP contribution in [0.5, 0.6) is 5.75 Å². The maximum atomic E-state index is 6.01. The van der Waals surface area contributed by atoms with Gasteiger partial charge in [0.25, 0.3) is 0 Å². The lowest BCUT2D eigenvalue weighted by molar-refractivity contribution is 0.237. The molecule has 0 atom stereocenters. The summed E-state index contributed by atoms with van der Waals surface area (Å²) in [7, 11) is 0. The molecule has 7 heterocycles. The van der Waals surface area contributed by atoms with Gasteiger partial charge in [-0.1, -0.05) is 6.07 Å². The number of hydrogen-bond donors (Lipinski definition) is 2. The molecule has 0 amide bonds. The predicted molar refractivity (Wildman–Crippen MR) is 144 cm³/mol. The van der Waals surface area contributed by atoms with Gasteiger partial charge >= 0.3 is 0 Å². The van der Waals surface area contributed by atoms with Crippen molar-refractivity contribution in [3.63, 3.8) is 0 Å². The molecular weight excluding hydrogens is 478 g/mol. The van der Waals surface area contributed by atoms with Gasteiger partial charge in [0.15, 0.2) is 11.5 Å². The number of aromatic nitrogens is 8. The van der Waals surface area contributed by atoms with E-state index < -0.39 is 0 Å². The van der Waals surface area contributed by atoms with Gasteiger partial charge in [0, 0.05) is 42.5 Å². The molecule has 7 rings (SSSR count). The van der Waals surface area contributed by atoms with Crippen LogP contribution in [0.1, 0.15) is 12.8 Å². The largest absolute Gasteiger partial charge is 0.491 e. The lowest BCUT2D eigenvalue weighted by Gasteiger charge is -2.15. The van der Waals surface area contributed by atoms with Crippen molar-refractivity contribution in [2.24, 2.45) is 0 Å². The summed E-state index contributed by atoms with van der Waals surface area (Å²) >= 11 is 0. The Bertz CT molecular complexity index is 1720. The highest BCUT2D eigenvalue weighted by molar-refractivity contribution is 5.95. The standard InChI is InChI=1S/C28H25N9O/c1-2-7-30-22(5-1)25-26-23(6-8-31-25)33-28(34-26)24-21-14-19(16-32-27(21)36-35-24)18-13-20(17-29-15-18)38-12-11-37-9-3-4-10-37/h1-2,5-8,13-17H,3-4,9-12H2,(H,33,34)(H,32,35,36).